The van der Waals surface area contributed by atoms with E-state index in [2.05, 4.69) is 4.90 Å². The third-order valence-corrected chi connectivity index (χ3v) is 3.64. The lowest BCUT2D eigenvalue weighted by Gasteiger charge is -2.33. The number of rotatable bonds is 7. The molecule has 1 heterocycles. The van der Waals surface area contributed by atoms with E-state index in [1.165, 1.54) is 0 Å². The summed E-state index contributed by atoms with van der Waals surface area (Å²) >= 11 is 0. The molecule has 1 rings (SSSR count). The molecule has 0 aromatic rings. The van der Waals surface area contributed by atoms with Crippen LogP contribution in [0.1, 0.15) is 25.7 Å². The molecular weight excluding hydrogens is 254 g/mol. The van der Waals surface area contributed by atoms with E-state index in [9.17, 15) is 4.79 Å². The van der Waals surface area contributed by atoms with Crippen molar-refractivity contribution in [3.8, 4) is 12.1 Å². The summed E-state index contributed by atoms with van der Waals surface area (Å²) in [7, 11) is 0. The van der Waals surface area contributed by atoms with Crippen LogP contribution in [0.2, 0.25) is 0 Å². The second-order valence-electron chi connectivity index (χ2n) is 5.18. The van der Waals surface area contributed by atoms with Crippen molar-refractivity contribution in [1.82, 2.24) is 9.80 Å². The Morgan fingerprint density at radius 1 is 1.30 bits per heavy atom. The topological polar surface area (TPSA) is 97.1 Å². The largest absolute Gasteiger partial charge is 0.340 e. The van der Waals surface area contributed by atoms with Crippen molar-refractivity contribution in [3.05, 3.63) is 0 Å². The van der Waals surface area contributed by atoms with Gasteiger partial charge >= 0.3 is 0 Å². The SMILES string of the molecule is N#CCCN(CCC#N)C(=O)CN1CCCC(CN)C1. The molecule has 2 N–H and O–H groups in total. The number of likely N-dealkylation sites (tertiary alicyclic amines) is 1. The van der Waals surface area contributed by atoms with Gasteiger partial charge in [0.25, 0.3) is 0 Å². The quantitative estimate of drug-likeness (QED) is 0.722. The molecule has 1 amide bonds. The summed E-state index contributed by atoms with van der Waals surface area (Å²) in [5.74, 6) is 0.483. The van der Waals surface area contributed by atoms with Gasteiger partial charge in [0.2, 0.25) is 5.91 Å². The molecule has 1 saturated heterocycles. The minimum Gasteiger partial charge on any atom is -0.340 e. The summed E-state index contributed by atoms with van der Waals surface area (Å²) in [4.78, 5) is 16.0. The summed E-state index contributed by atoms with van der Waals surface area (Å²) in [6.45, 7) is 3.64. The zero-order valence-electron chi connectivity index (χ0n) is 11.9. The Kier molecular flexibility index (Phi) is 7.64. The zero-order valence-corrected chi connectivity index (χ0v) is 11.9. The molecular formula is C14H23N5O. The number of nitriles is 2. The smallest absolute Gasteiger partial charge is 0.236 e. The van der Waals surface area contributed by atoms with Crippen molar-refractivity contribution in [1.29, 1.82) is 10.5 Å². The van der Waals surface area contributed by atoms with Gasteiger partial charge in [-0.15, -0.1) is 0 Å². The van der Waals surface area contributed by atoms with Gasteiger partial charge in [-0.1, -0.05) is 0 Å². The van der Waals surface area contributed by atoms with Gasteiger partial charge in [-0.3, -0.25) is 9.69 Å². The van der Waals surface area contributed by atoms with Crippen molar-refractivity contribution < 1.29 is 4.79 Å². The molecule has 0 aliphatic carbocycles. The lowest BCUT2D eigenvalue weighted by molar-refractivity contribution is -0.132. The maximum absolute atomic E-state index is 12.3. The highest BCUT2D eigenvalue weighted by atomic mass is 16.2. The average Bonchev–Trinajstić information content (AvgIpc) is 2.47. The molecule has 1 fully saturated rings. The van der Waals surface area contributed by atoms with E-state index in [1.54, 1.807) is 4.90 Å². The number of piperidine rings is 1. The maximum Gasteiger partial charge on any atom is 0.236 e. The van der Waals surface area contributed by atoms with Gasteiger partial charge in [0.05, 0.1) is 31.5 Å². The van der Waals surface area contributed by atoms with Gasteiger partial charge in [0, 0.05) is 19.6 Å². The lowest BCUT2D eigenvalue weighted by Crippen LogP contribution is -2.45. The van der Waals surface area contributed by atoms with Crippen LogP contribution in [0.25, 0.3) is 0 Å². The molecule has 6 heteroatoms. The third kappa shape index (κ3) is 5.56. The van der Waals surface area contributed by atoms with E-state index < -0.39 is 0 Å². The van der Waals surface area contributed by atoms with E-state index >= 15 is 0 Å². The van der Waals surface area contributed by atoms with Crippen molar-refractivity contribution in [2.75, 3.05) is 39.3 Å². The molecule has 0 aromatic carbocycles. The first-order valence-electron chi connectivity index (χ1n) is 7.15. The molecule has 0 bridgehead atoms. The molecule has 110 valence electrons. The minimum absolute atomic E-state index is 0.00757. The molecule has 0 radical (unpaired) electrons. The normalized spacial score (nSPS) is 19.1. The molecule has 0 aromatic heterocycles. The molecule has 0 spiro atoms. The Balaban J connectivity index is 2.47. The maximum atomic E-state index is 12.3. The Bertz CT molecular complexity index is 366. The van der Waals surface area contributed by atoms with E-state index in [0.717, 1.165) is 25.9 Å². The number of carbonyl (C=O) groups excluding carboxylic acids is 1. The Labute approximate surface area is 120 Å². The van der Waals surface area contributed by atoms with E-state index in [0.29, 0.717) is 44.9 Å². The predicted octanol–water partition coefficient (Wildman–Crippen LogP) is 0.313. The third-order valence-electron chi connectivity index (χ3n) is 3.64. The molecule has 0 saturated carbocycles. The van der Waals surface area contributed by atoms with Crippen molar-refractivity contribution >= 4 is 5.91 Å². The first-order valence-corrected chi connectivity index (χ1v) is 7.15. The van der Waals surface area contributed by atoms with Gasteiger partial charge < -0.3 is 10.6 Å². The van der Waals surface area contributed by atoms with Crippen LogP contribution in [-0.4, -0.2) is 55.0 Å². The highest BCUT2D eigenvalue weighted by Crippen LogP contribution is 2.15. The second kappa shape index (κ2) is 9.30. The molecule has 6 nitrogen and oxygen atoms in total. The summed E-state index contributed by atoms with van der Waals surface area (Å²) in [5, 5.41) is 17.3. The summed E-state index contributed by atoms with van der Waals surface area (Å²) in [6.07, 6.45) is 2.82. The molecule has 1 unspecified atom stereocenters. The number of nitrogens with zero attached hydrogens (tertiary/aromatic N) is 4. The van der Waals surface area contributed by atoms with Crippen LogP contribution < -0.4 is 5.73 Å². The number of amides is 1. The fourth-order valence-corrected chi connectivity index (χ4v) is 2.51. The van der Waals surface area contributed by atoms with Gasteiger partial charge in [-0.25, -0.2) is 0 Å². The molecule has 1 aliphatic heterocycles. The second-order valence-corrected chi connectivity index (χ2v) is 5.18. The Hall–Kier alpha value is -1.63. The zero-order chi connectivity index (χ0) is 14.8. The molecule has 20 heavy (non-hydrogen) atoms. The van der Waals surface area contributed by atoms with Crippen LogP contribution in [0.3, 0.4) is 0 Å². The lowest BCUT2D eigenvalue weighted by atomic mass is 9.98. The fraction of sp³-hybridized carbons (Fsp3) is 0.786. The monoisotopic (exact) mass is 277 g/mol. The summed E-state index contributed by atoms with van der Waals surface area (Å²) < 4.78 is 0. The highest BCUT2D eigenvalue weighted by Gasteiger charge is 2.22. The minimum atomic E-state index is 0.00757. The first kappa shape index (κ1) is 16.4. The van der Waals surface area contributed by atoms with Crippen LogP contribution in [0.5, 0.6) is 0 Å². The molecule has 1 aliphatic rings. The molecule has 1 atom stereocenters. The van der Waals surface area contributed by atoms with Crippen LogP contribution in [0, 0.1) is 28.6 Å². The summed E-state index contributed by atoms with van der Waals surface area (Å²) in [6, 6.07) is 4.08. The number of hydrogen-bond acceptors (Lipinski definition) is 5. The number of nitrogens with two attached hydrogens (primary N) is 1. The standard InChI is InChI=1S/C14H23N5O/c15-5-2-8-19(9-3-6-16)14(20)12-18-7-1-4-13(10-17)11-18/h13H,1-4,7-12,17H2. The van der Waals surface area contributed by atoms with E-state index in [1.807, 2.05) is 12.1 Å². The van der Waals surface area contributed by atoms with Crippen molar-refractivity contribution in [3.63, 3.8) is 0 Å². The van der Waals surface area contributed by atoms with Crippen molar-refractivity contribution in [2.45, 2.75) is 25.7 Å². The number of carbonyl (C=O) groups is 1. The van der Waals surface area contributed by atoms with Crippen LogP contribution >= 0.6 is 0 Å². The van der Waals surface area contributed by atoms with Gasteiger partial charge in [0.1, 0.15) is 0 Å². The van der Waals surface area contributed by atoms with Crippen LogP contribution in [-0.2, 0) is 4.79 Å². The average molecular weight is 277 g/mol. The van der Waals surface area contributed by atoms with E-state index in [4.69, 9.17) is 16.3 Å². The Morgan fingerprint density at radius 3 is 2.50 bits per heavy atom. The van der Waals surface area contributed by atoms with Crippen LogP contribution in [0.15, 0.2) is 0 Å². The van der Waals surface area contributed by atoms with E-state index in [-0.39, 0.29) is 5.91 Å². The highest BCUT2D eigenvalue weighted by molar-refractivity contribution is 5.78. The summed E-state index contributed by atoms with van der Waals surface area (Å²) in [5.41, 5.74) is 5.69. The Morgan fingerprint density at radius 2 is 1.95 bits per heavy atom. The van der Waals surface area contributed by atoms with Gasteiger partial charge in [-0.2, -0.15) is 10.5 Å². The first-order chi connectivity index (χ1) is 9.71. The van der Waals surface area contributed by atoms with Gasteiger partial charge in [0.15, 0.2) is 0 Å². The van der Waals surface area contributed by atoms with Crippen LogP contribution in [0.4, 0.5) is 0 Å². The van der Waals surface area contributed by atoms with Gasteiger partial charge in [-0.05, 0) is 31.8 Å². The predicted molar refractivity (Wildman–Crippen MR) is 75.3 cm³/mol. The number of hydrogen-bond donors (Lipinski definition) is 1. The van der Waals surface area contributed by atoms with Crippen molar-refractivity contribution in [2.24, 2.45) is 11.7 Å². The fourth-order valence-electron chi connectivity index (χ4n) is 2.51.